The van der Waals surface area contributed by atoms with Crippen LogP contribution in [0.1, 0.15) is 30.0 Å². The van der Waals surface area contributed by atoms with Crippen LogP contribution < -0.4 is 10.9 Å². The van der Waals surface area contributed by atoms with Gasteiger partial charge in [0.2, 0.25) is 5.56 Å². The van der Waals surface area contributed by atoms with Gasteiger partial charge in [0.1, 0.15) is 5.75 Å². The fraction of sp³-hybridized carbons (Fsp3) is 0.312. The summed E-state index contributed by atoms with van der Waals surface area (Å²) in [5.41, 5.74) is 3.35. The number of fused-ring (bicyclic) bond motifs is 1. The van der Waals surface area contributed by atoms with E-state index in [1.807, 2.05) is 12.1 Å². The van der Waals surface area contributed by atoms with Crippen molar-refractivity contribution in [3.63, 3.8) is 0 Å². The largest absolute Gasteiger partial charge is 0.508 e. The smallest absolute Gasteiger partial charge is 0.250 e. The summed E-state index contributed by atoms with van der Waals surface area (Å²) in [6.45, 7) is 0. The Morgan fingerprint density at radius 1 is 1.30 bits per heavy atom. The summed E-state index contributed by atoms with van der Waals surface area (Å²) in [4.78, 5) is 11.4. The molecule has 1 aliphatic carbocycles. The maximum absolute atomic E-state index is 11.4. The van der Waals surface area contributed by atoms with Gasteiger partial charge in [0.15, 0.2) is 0 Å². The normalized spacial score (nSPS) is 17.6. The summed E-state index contributed by atoms with van der Waals surface area (Å²) in [5.74, 6) is 0.304. The van der Waals surface area contributed by atoms with Crippen LogP contribution in [0.5, 0.6) is 5.75 Å². The zero-order valence-electron chi connectivity index (χ0n) is 11.5. The summed E-state index contributed by atoms with van der Waals surface area (Å²) in [7, 11) is 1.74. The average molecular weight is 270 g/mol. The van der Waals surface area contributed by atoms with E-state index in [1.165, 1.54) is 5.56 Å². The zero-order valence-corrected chi connectivity index (χ0v) is 11.5. The predicted molar refractivity (Wildman–Crippen MR) is 79.1 cm³/mol. The van der Waals surface area contributed by atoms with Gasteiger partial charge in [0.25, 0.3) is 0 Å². The number of rotatable bonds is 2. The van der Waals surface area contributed by atoms with Crippen molar-refractivity contribution in [1.29, 1.82) is 0 Å². The predicted octanol–water partition coefficient (Wildman–Crippen LogP) is 2.58. The lowest BCUT2D eigenvalue weighted by Gasteiger charge is -2.27. The Morgan fingerprint density at radius 2 is 2.15 bits per heavy atom. The number of anilines is 1. The second-order valence-electron chi connectivity index (χ2n) is 5.34. The van der Waals surface area contributed by atoms with Crippen molar-refractivity contribution in [2.75, 3.05) is 5.32 Å². The van der Waals surface area contributed by atoms with E-state index in [0.29, 0.717) is 5.75 Å². The second-order valence-corrected chi connectivity index (χ2v) is 5.34. The number of nitrogens with one attached hydrogen (secondary N) is 1. The lowest BCUT2D eigenvalue weighted by Crippen LogP contribution is -2.20. The first-order valence-corrected chi connectivity index (χ1v) is 6.88. The number of aromatic hydroxyl groups is 1. The molecular formula is C16H18N2O2. The molecule has 1 aromatic carbocycles. The van der Waals surface area contributed by atoms with Crippen LogP contribution in [-0.2, 0) is 13.5 Å². The highest BCUT2D eigenvalue weighted by molar-refractivity contribution is 5.47. The van der Waals surface area contributed by atoms with E-state index in [4.69, 9.17) is 0 Å². The van der Waals surface area contributed by atoms with Crippen molar-refractivity contribution in [1.82, 2.24) is 4.57 Å². The molecular weight excluding hydrogens is 252 g/mol. The highest BCUT2D eigenvalue weighted by atomic mass is 16.3. The van der Waals surface area contributed by atoms with Gasteiger partial charge in [-0.05, 0) is 48.6 Å². The number of aromatic nitrogens is 1. The summed E-state index contributed by atoms with van der Waals surface area (Å²) in [5, 5.41) is 13.1. The van der Waals surface area contributed by atoms with E-state index in [1.54, 1.807) is 36.0 Å². The lowest BCUT2D eigenvalue weighted by molar-refractivity contribution is 0.471. The molecule has 1 atom stereocenters. The minimum Gasteiger partial charge on any atom is -0.508 e. The second kappa shape index (κ2) is 5.04. The van der Waals surface area contributed by atoms with E-state index >= 15 is 0 Å². The van der Waals surface area contributed by atoms with Crippen molar-refractivity contribution in [2.24, 2.45) is 7.05 Å². The van der Waals surface area contributed by atoms with Gasteiger partial charge in [-0.25, -0.2) is 0 Å². The topological polar surface area (TPSA) is 54.3 Å². The van der Waals surface area contributed by atoms with Crippen LogP contribution in [0.15, 0.2) is 41.3 Å². The van der Waals surface area contributed by atoms with E-state index in [0.717, 1.165) is 30.5 Å². The molecule has 0 amide bonds. The molecule has 0 saturated heterocycles. The average Bonchev–Trinajstić information content (AvgIpc) is 2.44. The Balaban J connectivity index is 1.90. The Kier molecular flexibility index (Phi) is 3.22. The van der Waals surface area contributed by atoms with E-state index in [9.17, 15) is 9.90 Å². The van der Waals surface area contributed by atoms with Gasteiger partial charge in [-0.1, -0.05) is 6.07 Å². The zero-order chi connectivity index (χ0) is 14.1. The molecule has 0 fully saturated rings. The Bertz CT molecular complexity index is 691. The van der Waals surface area contributed by atoms with Crippen molar-refractivity contribution in [2.45, 2.75) is 25.3 Å². The van der Waals surface area contributed by atoms with Crippen molar-refractivity contribution >= 4 is 5.69 Å². The first kappa shape index (κ1) is 12.8. The first-order chi connectivity index (χ1) is 9.63. The fourth-order valence-electron chi connectivity index (χ4n) is 2.82. The van der Waals surface area contributed by atoms with Crippen molar-refractivity contribution in [3.05, 3.63) is 58.0 Å². The maximum Gasteiger partial charge on any atom is 0.250 e. The van der Waals surface area contributed by atoms with Crippen molar-refractivity contribution in [3.8, 4) is 5.75 Å². The van der Waals surface area contributed by atoms with Crippen LogP contribution in [0.4, 0.5) is 5.69 Å². The van der Waals surface area contributed by atoms with Crippen LogP contribution in [0.2, 0.25) is 0 Å². The number of phenols is 1. The van der Waals surface area contributed by atoms with E-state index in [2.05, 4.69) is 5.32 Å². The van der Waals surface area contributed by atoms with Gasteiger partial charge in [0, 0.05) is 19.3 Å². The highest BCUT2D eigenvalue weighted by Gasteiger charge is 2.20. The number of aryl methyl sites for hydroxylation is 2. The summed E-state index contributed by atoms with van der Waals surface area (Å²) in [6.07, 6.45) is 5.01. The van der Waals surface area contributed by atoms with E-state index in [-0.39, 0.29) is 11.6 Å². The standard InChI is InChI=1S/C16H18N2O2/c1-18-10-12(6-8-16(18)20)17-15-4-2-3-11-5-7-13(19)9-14(11)15/h5-10,15,17,19H,2-4H2,1H3. The Hall–Kier alpha value is -2.23. The Morgan fingerprint density at radius 3 is 2.95 bits per heavy atom. The Labute approximate surface area is 117 Å². The number of hydrogen-bond acceptors (Lipinski definition) is 3. The molecule has 0 bridgehead atoms. The number of nitrogens with zero attached hydrogens (tertiary/aromatic N) is 1. The van der Waals surface area contributed by atoms with Crippen molar-refractivity contribution < 1.29 is 5.11 Å². The molecule has 1 unspecified atom stereocenters. The molecule has 1 aliphatic rings. The molecule has 0 spiro atoms. The number of pyridine rings is 1. The molecule has 2 aromatic rings. The molecule has 0 radical (unpaired) electrons. The molecule has 1 heterocycles. The molecule has 1 aromatic heterocycles. The maximum atomic E-state index is 11.4. The molecule has 3 rings (SSSR count). The van der Waals surface area contributed by atoms with Gasteiger partial charge in [-0.15, -0.1) is 0 Å². The minimum atomic E-state index is -0.0164. The molecule has 4 nitrogen and oxygen atoms in total. The van der Waals surface area contributed by atoms with Gasteiger partial charge in [-0.2, -0.15) is 0 Å². The van der Waals surface area contributed by atoms with Crippen LogP contribution in [0.3, 0.4) is 0 Å². The summed E-state index contributed by atoms with van der Waals surface area (Å²) >= 11 is 0. The SMILES string of the molecule is Cn1cc(NC2CCCc3ccc(O)cc32)ccc1=O. The molecule has 0 saturated carbocycles. The molecule has 4 heteroatoms. The molecule has 20 heavy (non-hydrogen) atoms. The third-order valence-electron chi connectivity index (χ3n) is 3.87. The third kappa shape index (κ3) is 2.41. The fourth-order valence-corrected chi connectivity index (χ4v) is 2.82. The molecule has 0 aliphatic heterocycles. The first-order valence-electron chi connectivity index (χ1n) is 6.88. The van der Waals surface area contributed by atoms with Gasteiger partial charge < -0.3 is 15.0 Å². The van der Waals surface area contributed by atoms with Crippen LogP contribution in [0.25, 0.3) is 0 Å². The monoisotopic (exact) mass is 270 g/mol. The van der Waals surface area contributed by atoms with Crippen LogP contribution in [-0.4, -0.2) is 9.67 Å². The van der Waals surface area contributed by atoms with Gasteiger partial charge >= 0.3 is 0 Å². The minimum absolute atomic E-state index is 0.0164. The lowest BCUT2D eigenvalue weighted by atomic mass is 9.87. The van der Waals surface area contributed by atoms with Gasteiger partial charge in [-0.3, -0.25) is 4.79 Å². The van der Waals surface area contributed by atoms with Crippen LogP contribution in [0, 0.1) is 0 Å². The third-order valence-corrected chi connectivity index (χ3v) is 3.87. The summed E-state index contributed by atoms with van der Waals surface area (Å²) in [6, 6.07) is 9.14. The highest BCUT2D eigenvalue weighted by Crippen LogP contribution is 2.34. The molecule has 2 N–H and O–H groups in total. The quantitative estimate of drug-likeness (QED) is 0.882. The van der Waals surface area contributed by atoms with E-state index < -0.39 is 0 Å². The number of benzene rings is 1. The number of phenolic OH excluding ortho intramolecular Hbond substituents is 1. The van der Waals surface area contributed by atoms with Crippen LogP contribution >= 0.6 is 0 Å². The summed E-state index contributed by atoms with van der Waals surface area (Å²) < 4.78 is 1.56. The molecule has 104 valence electrons. The number of hydrogen-bond donors (Lipinski definition) is 2. The van der Waals surface area contributed by atoms with Gasteiger partial charge in [0.05, 0.1) is 11.7 Å².